The van der Waals surface area contributed by atoms with Crippen LogP contribution in [0.3, 0.4) is 0 Å². The number of hydrogen-bond acceptors (Lipinski definition) is 4. The number of thiazole rings is 1. The number of hydrogen-bond donors (Lipinski definition) is 0. The molecule has 29 heavy (non-hydrogen) atoms. The number of allylic oxidation sites excluding steroid dienone is 1. The predicted octanol–water partition coefficient (Wildman–Crippen LogP) is 7.58. The van der Waals surface area contributed by atoms with Crippen molar-refractivity contribution in [1.82, 2.24) is 4.98 Å². The molecular weight excluding hydrogens is 430 g/mol. The van der Waals surface area contributed by atoms with E-state index in [1.165, 1.54) is 23.5 Å². The van der Waals surface area contributed by atoms with Crippen LogP contribution in [0, 0.1) is 17.1 Å². The molecule has 0 aliphatic rings. The summed E-state index contributed by atoms with van der Waals surface area (Å²) in [6, 6.07) is 16.9. The van der Waals surface area contributed by atoms with Crippen molar-refractivity contribution >= 4 is 46.2 Å². The molecule has 0 bridgehead atoms. The number of halogens is 3. The fourth-order valence-electron chi connectivity index (χ4n) is 2.73. The number of nitriles is 1. The summed E-state index contributed by atoms with van der Waals surface area (Å²) in [5.41, 5.74) is 2.41. The molecular formula is C22H11Cl2FN2OS. The van der Waals surface area contributed by atoms with Crippen LogP contribution in [-0.2, 0) is 0 Å². The van der Waals surface area contributed by atoms with Gasteiger partial charge in [-0.1, -0.05) is 29.3 Å². The van der Waals surface area contributed by atoms with E-state index in [9.17, 15) is 9.65 Å². The Morgan fingerprint density at radius 1 is 1.07 bits per heavy atom. The van der Waals surface area contributed by atoms with Crippen LogP contribution in [-0.4, -0.2) is 4.98 Å². The fraction of sp³-hybridized carbons (Fsp3) is 0. The highest BCUT2D eigenvalue weighted by atomic mass is 35.5. The molecule has 0 amide bonds. The predicted molar refractivity (Wildman–Crippen MR) is 115 cm³/mol. The summed E-state index contributed by atoms with van der Waals surface area (Å²) in [7, 11) is 0. The van der Waals surface area contributed by atoms with Crippen LogP contribution in [0.25, 0.3) is 34.2 Å². The Labute approximate surface area is 180 Å². The van der Waals surface area contributed by atoms with Gasteiger partial charge in [0, 0.05) is 17.0 Å². The zero-order valence-corrected chi connectivity index (χ0v) is 17.0. The third kappa shape index (κ3) is 4.10. The van der Waals surface area contributed by atoms with Crippen molar-refractivity contribution in [2.24, 2.45) is 0 Å². The third-order valence-corrected chi connectivity index (χ3v) is 5.62. The van der Waals surface area contributed by atoms with Gasteiger partial charge in [-0.15, -0.1) is 11.3 Å². The number of aromatic nitrogens is 1. The zero-order chi connectivity index (χ0) is 20.4. The molecule has 0 saturated carbocycles. The van der Waals surface area contributed by atoms with E-state index in [0.29, 0.717) is 43.4 Å². The summed E-state index contributed by atoms with van der Waals surface area (Å²) < 4.78 is 18.9. The van der Waals surface area contributed by atoms with Crippen LogP contribution in [0.4, 0.5) is 4.39 Å². The lowest BCUT2D eigenvalue weighted by Gasteiger charge is -2.02. The molecule has 0 N–H and O–H groups in total. The molecule has 3 nitrogen and oxygen atoms in total. The number of nitrogens with zero attached hydrogens (tertiary/aromatic N) is 2. The van der Waals surface area contributed by atoms with Crippen LogP contribution in [0.5, 0.6) is 0 Å². The summed E-state index contributed by atoms with van der Waals surface area (Å²) in [6.07, 6.45) is 1.61. The monoisotopic (exact) mass is 440 g/mol. The minimum absolute atomic E-state index is 0.311. The summed E-state index contributed by atoms with van der Waals surface area (Å²) in [6.45, 7) is 0. The van der Waals surface area contributed by atoms with Crippen molar-refractivity contribution in [3.8, 4) is 28.7 Å². The Kier molecular flexibility index (Phi) is 5.50. The van der Waals surface area contributed by atoms with Gasteiger partial charge in [-0.05, 0) is 48.5 Å². The number of benzene rings is 2. The van der Waals surface area contributed by atoms with Gasteiger partial charge in [0.1, 0.15) is 28.4 Å². The molecule has 2 aromatic carbocycles. The van der Waals surface area contributed by atoms with Gasteiger partial charge in [-0.2, -0.15) is 5.26 Å². The van der Waals surface area contributed by atoms with Gasteiger partial charge < -0.3 is 4.42 Å². The Morgan fingerprint density at radius 3 is 2.48 bits per heavy atom. The van der Waals surface area contributed by atoms with Crippen molar-refractivity contribution in [2.75, 3.05) is 0 Å². The van der Waals surface area contributed by atoms with Crippen molar-refractivity contribution in [3.05, 3.63) is 86.6 Å². The van der Waals surface area contributed by atoms with Crippen LogP contribution in [0.2, 0.25) is 10.0 Å². The molecule has 0 saturated heterocycles. The molecule has 0 atom stereocenters. The molecule has 142 valence electrons. The lowest BCUT2D eigenvalue weighted by atomic mass is 10.2. The average molecular weight is 441 g/mol. The van der Waals surface area contributed by atoms with E-state index in [2.05, 4.69) is 11.1 Å². The molecule has 4 aromatic rings. The van der Waals surface area contributed by atoms with Gasteiger partial charge in [0.2, 0.25) is 0 Å². The van der Waals surface area contributed by atoms with E-state index >= 15 is 0 Å². The van der Waals surface area contributed by atoms with E-state index in [0.717, 1.165) is 5.56 Å². The maximum atomic E-state index is 13.1. The second kappa shape index (κ2) is 8.22. The third-order valence-electron chi connectivity index (χ3n) is 4.12. The molecule has 0 radical (unpaired) electrons. The Hall–Kier alpha value is -2.91. The maximum Gasteiger partial charge on any atom is 0.137 e. The second-order valence-corrected chi connectivity index (χ2v) is 7.69. The van der Waals surface area contributed by atoms with Crippen molar-refractivity contribution < 1.29 is 8.81 Å². The molecule has 4 rings (SSSR count). The van der Waals surface area contributed by atoms with Crippen LogP contribution in [0.15, 0.2) is 64.4 Å². The summed E-state index contributed by atoms with van der Waals surface area (Å²) >= 11 is 13.8. The highest BCUT2D eigenvalue weighted by Gasteiger charge is 2.14. The molecule has 2 heterocycles. The first-order chi connectivity index (χ1) is 14.0. The molecule has 2 aromatic heterocycles. The minimum Gasteiger partial charge on any atom is -0.457 e. The highest BCUT2D eigenvalue weighted by molar-refractivity contribution is 7.11. The zero-order valence-electron chi connectivity index (χ0n) is 14.7. The van der Waals surface area contributed by atoms with Crippen molar-refractivity contribution in [3.63, 3.8) is 0 Å². The summed E-state index contributed by atoms with van der Waals surface area (Å²) in [5, 5.41) is 12.9. The Morgan fingerprint density at radius 2 is 1.79 bits per heavy atom. The molecule has 0 unspecified atom stereocenters. The topological polar surface area (TPSA) is 49.8 Å². The Bertz CT molecular complexity index is 1230. The maximum absolute atomic E-state index is 13.1. The number of rotatable bonds is 4. The number of furan rings is 1. The quantitative estimate of drug-likeness (QED) is 0.307. The SMILES string of the molecule is N#C/C(=C\c1ccc(-c2c(Cl)cccc2Cl)o1)c1nc(-c2ccc(F)cc2)cs1. The van der Waals surface area contributed by atoms with E-state index in [1.807, 2.05) is 5.38 Å². The van der Waals surface area contributed by atoms with Crippen molar-refractivity contribution in [1.29, 1.82) is 5.26 Å². The van der Waals surface area contributed by atoms with E-state index in [4.69, 9.17) is 27.6 Å². The Balaban J connectivity index is 1.65. The van der Waals surface area contributed by atoms with Gasteiger partial charge in [0.25, 0.3) is 0 Å². The van der Waals surface area contributed by atoms with E-state index in [-0.39, 0.29) is 5.82 Å². The van der Waals surface area contributed by atoms with E-state index in [1.54, 1.807) is 48.5 Å². The molecule has 0 aliphatic carbocycles. The average Bonchev–Trinajstić information content (AvgIpc) is 3.37. The fourth-order valence-corrected chi connectivity index (χ4v) is 4.11. The summed E-state index contributed by atoms with van der Waals surface area (Å²) in [4.78, 5) is 4.49. The lowest BCUT2D eigenvalue weighted by Crippen LogP contribution is -1.83. The largest absolute Gasteiger partial charge is 0.457 e. The molecule has 0 fully saturated rings. The minimum atomic E-state index is -0.311. The van der Waals surface area contributed by atoms with Gasteiger partial charge >= 0.3 is 0 Å². The summed E-state index contributed by atoms with van der Waals surface area (Å²) in [5.74, 6) is 0.676. The standard InChI is InChI=1S/C22H11Cl2FN2OS/c23-17-2-1-3-18(24)21(17)20-9-8-16(28-20)10-14(11-26)22-27-19(12-29-22)13-4-6-15(25)7-5-13/h1-10,12H/b14-10+. The van der Waals surface area contributed by atoms with Crippen LogP contribution >= 0.6 is 34.5 Å². The van der Waals surface area contributed by atoms with Crippen molar-refractivity contribution in [2.45, 2.75) is 0 Å². The first-order valence-corrected chi connectivity index (χ1v) is 10.1. The van der Waals surface area contributed by atoms with Crippen LogP contribution in [0.1, 0.15) is 10.8 Å². The van der Waals surface area contributed by atoms with Crippen LogP contribution < -0.4 is 0 Å². The smallest absolute Gasteiger partial charge is 0.137 e. The first kappa shape index (κ1) is 19.4. The van der Waals surface area contributed by atoms with Gasteiger partial charge in [-0.3, -0.25) is 0 Å². The van der Waals surface area contributed by atoms with Gasteiger partial charge in [0.15, 0.2) is 0 Å². The second-order valence-electron chi connectivity index (χ2n) is 6.01. The molecule has 0 aliphatic heterocycles. The van der Waals surface area contributed by atoms with Gasteiger partial charge in [-0.25, -0.2) is 9.37 Å². The highest BCUT2D eigenvalue weighted by Crippen LogP contribution is 2.36. The van der Waals surface area contributed by atoms with E-state index < -0.39 is 0 Å². The first-order valence-electron chi connectivity index (χ1n) is 8.43. The normalized spacial score (nSPS) is 11.4. The molecule has 0 spiro atoms. The lowest BCUT2D eigenvalue weighted by molar-refractivity contribution is 0.572. The molecule has 7 heteroatoms. The van der Waals surface area contributed by atoms with Gasteiger partial charge in [0.05, 0.1) is 26.9 Å².